The summed E-state index contributed by atoms with van der Waals surface area (Å²) in [5.74, 6) is 1.48. The number of nitrogens with zero attached hydrogens (tertiary/aromatic N) is 2. The van der Waals surface area contributed by atoms with Crippen molar-refractivity contribution < 1.29 is 14.3 Å². The SMILES string of the molecule is COc1ccc(-c2nc(CN3CCCNC(=O)C3C)cs2)cc1OC. The van der Waals surface area contributed by atoms with Crippen molar-refractivity contribution in [3.8, 4) is 22.1 Å². The molecule has 1 aromatic heterocycles. The fourth-order valence-electron chi connectivity index (χ4n) is 2.91. The van der Waals surface area contributed by atoms with Crippen molar-refractivity contribution in [2.24, 2.45) is 0 Å². The molecule has 134 valence electrons. The maximum absolute atomic E-state index is 12.0. The molecule has 2 heterocycles. The number of carbonyl (C=O) groups is 1. The van der Waals surface area contributed by atoms with E-state index in [1.165, 1.54) is 0 Å². The monoisotopic (exact) mass is 361 g/mol. The van der Waals surface area contributed by atoms with Crippen LogP contribution in [0.25, 0.3) is 10.6 Å². The highest BCUT2D eigenvalue weighted by Gasteiger charge is 2.24. The van der Waals surface area contributed by atoms with Gasteiger partial charge in [-0.1, -0.05) is 0 Å². The van der Waals surface area contributed by atoms with E-state index in [-0.39, 0.29) is 11.9 Å². The lowest BCUT2D eigenvalue weighted by molar-refractivity contribution is -0.125. The second-order valence-electron chi connectivity index (χ2n) is 6.00. The number of hydrogen-bond donors (Lipinski definition) is 1. The standard InChI is InChI=1S/C18H23N3O3S/c1-12-17(22)19-7-4-8-21(12)10-14-11-25-18(20-14)13-5-6-15(23-2)16(9-13)24-3/h5-6,9,11-12H,4,7-8,10H2,1-3H3,(H,19,22). The highest BCUT2D eigenvalue weighted by Crippen LogP contribution is 2.33. The molecule has 25 heavy (non-hydrogen) atoms. The van der Waals surface area contributed by atoms with Crippen molar-refractivity contribution in [1.82, 2.24) is 15.2 Å². The van der Waals surface area contributed by atoms with Gasteiger partial charge in [-0.05, 0) is 31.5 Å². The molecule has 2 aromatic rings. The Hall–Kier alpha value is -2.12. The van der Waals surface area contributed by atoms with E-state index in [2.05, 4.69) is 15.6 Å². The maximum Gasteiger partial charge on any atom is 0.237 e. The van der Waals surface area contributed by atoms with Crippen LogP contribution in [0, 0.1) is 0 Å². The largest absolute Gasteiger partial charge is 0.493 e. The molecule has 0 spiro atoms. The number of benzene rings is 1. The zero-order valence-corrected chi connectivity index (χ0v) is 15.6. The topological polar surface area (TPSA) is 63.7 Å². The van der Waals surface area contributed by atoms with Crippen LogP contribution in [0.15, 0.2) is 23.6 Å². The molecule has 0 aliphatic carbocycles. The van der Waals surface area contributed by atoms with E-state index in [4.69, 9.17) is 14.5 Å². The fraction of sp³-hybridized carbons (Fsp3) is 0.444. The molecule has 3 rings (SSSR count). The summed E-state index contributed by atoms with van der Waals surface area (Å²) < 4.78 is 10.6. The second-order valence-corrected chi connectivity index (χ2v) is 6.86. The molecule has 1 aliphatic rings. The minimum absolute atomic E-state index is 0.0906. The van der Waals surface area contributed by atoms with Crippen LogP contribution in [0.4, 0.5) is 0 Å². The van der Waals surface area contributed by atoms with Gasteiger partial charge < -0.3 is 14.8 Å². The molecular formula is C18H23N3O3S. The molecule has 1 unspecified atom stereocenters. The number of rotatable bonds is 5. The third-order valence-corrected chi connectivity index (χ3v) is 5.34. The van der Waals surface area contributed by atoms with E-state index in [1.807, 2.05) is 25.1 Å². The number of ether oxygens (including phenoxy) is 2. The molecule has 1 saturated heterocycles. The van der Waals surface area contributed by atoms with Gasteiger partial charge in [-0.2, -0.15) is 0 Å². The van der Waals surface area contributed by atoms with E-state index in [0.29, 0.717) is 18.0 Å². The van der Waals surface area contributed by atoms with Crippen LogP contribution in [-0.2, 0) is 11.3 Å². The summed E-state index contributed by atoms with van der Waals surface area (Å²) in [6.07, 6.45) is 0.961. The summed E-state index contributed by atoms with van der Waals surface area (Å²) in [6, 6.07) is 5.67. The highest BCUT2D eigenvalue weighted by atomic mass is 32.1. The van der Waals surface area contributed by atoms with Crippen LogP contribution < -0.4 is 14.8 Å². The third kappa shape index (κ3) is 3.93. The van der Waals surface area contributed by atoms with Crippen molar-refractivity contribution >= 4 is 17.2 Å². The van der Waals surface area contributed by atoms with Crippen LogP contribution in [0.1, 0.15) is 19.0 Å². The minimum Gasteiger partial charge on any atom is -0.493 e. The average Bonchev–Trinajstić information content (AvgIpc) is 3.05. The molecule has 1 fully saturated rings. The molecule has 1 aromatic carbocycles. The van der Waals surface area contributed by atoms with Gasteiger partial charge in [0.25, 0.3) is 0 Å². The first-order valence-corrected chi connectivity index (χ1v) is 9.19. The Labute approximate surface area is 151 Å². The summed E-state index contributed by atoms with van der Waals surface area (Å²) in [4.78, 5) is 18.9. The van der Waals surface area contributed by atoms with Gasteiger partial charge in [-0.15, -0.1) is 11.3 Å². The van der Waals surface area contributed by atoms with Gasteiger partial charge in [-0.25, -0.2) is 4.98 Å². The summed E-state index contributed by atoms with van der Waals surface area (Å²) in [5, 5.41) is 5.93. The molecule has 0 radical (unpaired) electrons. The van der Waals surface area contributed by atoms with Crippen molar-refractivity contribution in [3.05, 3.63) is 29.3 Å². The molecule has 7 heteroatoms. The Morgan fingerprint density at radius 3 is 2.88 bits per heavy atom. The van der Waals surface area contributed by atoms with Gasteiger partial charge in [0, 0.05) is 30.6 Å². The number of methoxy groups -OCH3 is 2. The lowest BCUT2D eigenvalue weighted by Crippen LogP contribution is -2.41. The quantitative estimate of drug-likeness (QED) is 0.887. The number of hydrogen-bond acceptors (Lipinski definition) is 6. The number of aromatic nitrogens is 1. The summed E-state index contributed by atoms with van der Waals surface area (Å²) in [5.41, 5.74) is 1.98. The van der Waals surface area contributed by atoms with Crippen molar-refractivity contribution in [3.63, 3.8) is 0 Å². The van der Waals surface area contributed by atoms with Crippen molar-refractivity contribution in [2.45, 2.75) is 25.9 Å². The van der Waals surface area contributed by atoms with Crippen LogP contribution in [0.3, 0.4) is 0 Å². The summed E-state index contributed by atoms with van der Waals surface area (Å²) in [7, 11) is 3.25. The molecule has 1 aliphatic heterocycles. The summed E-state index contributed by atoms with van der Waals surface area (Å²) >= 11 is 1.60. The Morgan fingerprint density at radius 2 is 2.12 bits per heavy atom. The van der Waals surface area contributed by atoms with Crippen LogP contribution in [0.5, 0.6) is 11.5 Å². The molecule has 1 N–H and O–H groups in total. The Balaban J connectivity index is 1.77. The molecule has 0 saturated carbocycles. The van der Waals surface area contributed by atoms with Gasteiger partial charge in [0.15, 0.2) is 11.5 Å². The van der Waals surface area contributed by atoms with Crippen LogP contribution in [0.2, 0.25) is 0 Å². The zero-order valence-electron chi connectivity index (χ0n) is 14.7. The van der Waals surface area contributed by atoms with Crippen LogP contribution >= 0.6 is 11.3 Å². The highest BCUT2D eigenvalue weighted by molar-refractivity contribution is 7.13. The van der Waals surface area contributed by atoms with Crippen molar-refractivity contribution in [1.29, 1.82) is 0 Å². The minimum atomic E-state index is -0.131. The molecule has 0 bridgehead atoms. The first-order valence-electron chi connectivity index (χ1n) is 8.31. The van der Waals surface area contributed by atoms with Crippen LogP contribution in [-0.4, -0.2) is 49.1 Å². The molecule has 1 atom stereocenters. The Morgan fingerprint density at radius 1 is 1.32 bits per heavy atom. The summed E-state index contributed by atoms with van der Waals surface area (Å²) in [6.45, 7) is 4.26. The third-order valence-electron chi connectivity index (χ3n) is 4.40. The van der Waals surface area contributed by atoms with Gasteiger partial charge in [-0.3, -0.25) is 9.69 Å². The van der Waals surface area contributed by atoms with E-state index < -0.39 is 0 Å². The van der Waals surface area contributed by atoms with Gasteiger partial charge >= 0.3 is 0 Å². The molecule has 1 amide bonds. The lowest BCUT2D eigenvalue weighted by atomic mass is 10.2. The first kappa shape index (κ1) is 17.7. The number of carbonyl (C=O) groups excluding carboxylic acids is 1. The zero-order chi connectivity index (χ0) is 17.8. The number of thiazole rings is 1. The average molecular weight is 361 g/mol. The second kappa shape index (κ2) is 7.84. The lowest BCUT2D eigenvalue weighted by Gasteiger charge is -2.24. The van der Waals surface area contributed by atoms with Gasteiger partial charge in [0.1, 0.15) is 5.01 Å². The van der Waals surface area contributed by atoms with Gasteiger partial charge in [0.05, 0.1) is 26.0 Å². The maximum atomic E-state index is 12.0. The Kier molecular flexibility index (Phi) is 5.55. The van der Waals surface area contributed by atoms with E-state index in [9.17, 15) is 4.79 Å². The Bertz CT molecular complexity index is 747. The first-order chi connectivity index (χ1) is 12.1. The van der Waals surface area contributed by atoms with Crippen molar-refractivity contribution in [2.75, 3.05) is 27.3 Å². The number of amides is 1. The number of nitrogens with one attached hydrogen (secondary N) is 1. The molecular weight excluding hydrogens is 338 g/mol. The fourth-order valence-corrected chi connectivity index (χ4v) is 3.71. The predicted octanol–water partition coefficient (Wildman–Crippen LogP) is 2.54. The van der Waals surface area contributed by atoms with E-state index in [1.54, 1.807) is 25.6 Å². The van der Waals surface area contributed by atoms with E-state index in [0.717, 1.165) is 35.8 Å². The smallest absolute Gasteiger partial charge is 0.237 e. The van der Waals surface area contributed by atoms with Gasteiger partial charge in [0.2, 0.25) is 5.91 Å². The normalized spacial score (nSPS) is 18.5. The predicted molar refractivity (Wildman–Crippen MR) is 98.2 cm³/mol. The molecule has 6 nitrogen and oxygen atoms in total. The van der Waals surface area contributed by atoms with E-state index >= 15 is 0 Å².